The van der Waals surface area contributed by atoms with Crippen LogP contribution in [0.15, 0.2) is 30.6 Å². The van der Waals surface area contributed by atoms with Gasteiger partial charge in [0.1, 0.15) is 0 Å². The summed E-state index contributed by atoms with van der Waals surface area (Å²) in [5.74, 6) is 1.13. The Morgan fingerprint density at radius 2 is 1.79 bits per heavy atom. The lowest BCUT2D eigenvalue weighted by Gasteiger charge is -2.13. The molecule has 0 fully saturated rings. The molecule has 98 valence electrons. The van der Waals surface area contributed by atoms with E-state index in [0.29, 0.717) is 17.1 Å². The second-order valence-electron chi connectivity index (χ2n) is 4.10. The number of benzene rings is 1. The molecule has 0 amide bonds. The quantitative estimate of drug-likeness (QED) is 0.790. The minimum absolute atomic E-state index is 0.537. The molecule has 2 aromatic rings. The van der Waals surface area contributed by atoms with Gasteiger partial charge in [-0.05, 0) is 36.2 Å². The van der Waals surface area contributed by atoms with E-state index in [-0.39, 0.29) is 0 Å². The number of methoxy groups -OCH3 is 2. The van der Waals surface area contributed by atoms with Crippen molar-refractivity contribution in [3.8, 4) is 22.6 Å². The highest BCUT2D eigenvalue weighted by molar-refractivity contribution is 5.90. The Hall–Kier alpha value is -2.36. The van der Waals surface area contributed by atoms with E-state index in [0.717, 1.165) is 23.0 Å². The fourth-order valence-electron chi connectivity index (χ4n) is 1.97. The van der Waals surface area contributed by atoms with E-state index in [1.807, 2.05) is 13.0 Å². The zero-order valence-corrected chi connectivity index (χ0v) is 11.1. The van der Waals surface area contributed by atoms with Crippen LogP contribution in [0.3, 0.4) is 0 Å². The van der Waals surface area contributed by atoms with Crippen LogP contribution in [0.2, 0.25) is 0 Å². The van der Waals surface area contributed by atoms with Crippen LogP contribution < -0.4 is 9.47 Å². The molecule has 2 rings (SSSR count). The molecule has 1 aromatic heterocycles. The van der Waals surface area contributed by atoms with Gasteiger partial charge in [-0.2, -0.15) is 0 Å². The maximum atomic E-state index is 11.3. The summed E-state index contributed by atoms with van der Waals surface area (Å²) in [6.07, 6.45) is 4.27. The van der Waals surface area contributed by atoms with Crippen molar-refractivity contribution in [2.45, 2.75) is 6.92 Å². The van der Waals surface area contributed by atoms with Gasteiger partial charge in [0.2, 0.25) is 0 Å². The summed E-state index contributed by atoms with van der Waals surface area (Å²) in [7, 11) is 3.11. The third-order valence-electron chi connectivity index (χ3n) is 3.01. The average molecular weight is 257 g/mol. The minimum Gasteiger partial charge on any atom is -0.493 e. The summed E-state index contributed by atoms with van der Waals surface area (Å²) in [4.78, 5) is 15.4. The van der Waals surface area contributed by atoms with Crippen LogP contribution in [0.25, 0.3) is 11.1 Å². The first kappa shape index (κ1) is 13.1. The smallest absolute Gasteiger partial charge is 0.161 e. The molecular formula is C15H15NO3. The van der Waals surface area contributed by atoms with Gasteiger partial charge in [0.25, 0.3) is 0 Å². The zero-order chi connectivity index (χ0) is 13.8. The topological polar surface area (TPSA) is 48.4 Å². The van der Waals surface area contributed by atoms with E-state index < -0.39 is 0 Å². The number of rotatable bonds is 4. The molecule has 0 saturated carbocycles. The van der Waals surface area contributed by atoms with Crippen molar-refractivity contribution < 1.29 is 14.3 Å². The Morgan fingerprint density at radius 1 is 1.11 bits per heavy atom. The lowest BCUT2D eigenvalue weighted by Crippen LogP contribution is -1.96. The molecule has 0 radical (unpaired) electrons. The normalized spacial score (nSPS) is 10.1. The van der Waals surface area contributed by atoms with E-state index in [4.69, 9.17) is 9.47 Å². The molecule has 4 nitrogen and oxygen atoms in total. The lowest BCUT2D eigenvalue weighted by molar-refractivity contribution is 0.112. The molecule has 19 heavy (non-hydrogen) atoms. The highest BCUT2D eigenvalue weighted by atomic mass is 16.5. The molecular weight excluding hydrogens is 242 g/mol. The molecule has 4 heteroatoms. The number of aldehydes is 1. The molecule has 0 atom stereocenters. The fraction of sp³-hybridized carbons (Fsp3) is 0.200. The molecule has 0 spiro atoms. The van der Waals surface area contributed by atoms with Gasteiger partial charge in [-0.15, -0.1) is 0 Å². The van der Waals surface area contributed by atoms with Gasteiger partial charge in [0.05, 0.1) is 14.2 Å². The Labute approximate surface area is 112 Å². The molecule has 0 unspecified atom stereocenters. The van der Waals surface area contributed by atoms with E-state index in [1.54, 1.807) is 38.7 Å². The second kappa shape index (κ2) is 5.52. The Balaban J connectivity index is 2.69. The maximum Gasteiger partial charge on any atom is 0.161 e. The summed E-state index contributed by atoms with van der Waals surface area (Å²) < 4.78 is 10.5. The minimum atomic E-state index is 0.537. The van der Waals surface area contributed by atoms with E-state index in [2.05, 4.69) is 4.98 Å². The summed E-state index contributed by atoms with van der Waals surface area (Å²) in [6, 6.07) is 5.38. The van der Waals surface area contributed by atoms with Gasteiger partial charge in [0, 0.05) is 23.5 Å². The molecule has 0 bridgehead atoms. The van der Waals surface area contributed by atoms with Gasteiger partial charge in [-0.3, -0.25) is 9.78 Å². The highest BCUT2D eigenvalue weighted by Gasteiger charge is 2.13. The predicted octanol–water partition coefficient (Wildman–Crippen LogP) is 2.89. The van der Waals surface area contributed by atoms with Gasteiger partial charge < -0.3 is 9.47 Å². The number of aryl methyl sites for hydroxylation is 1. The molecule has 0 saturated heterocycles. The molecule has 1 aromatic carbocycles. The van der Waals surface area contributed by atoms with Crippen molar-refractivity contribution >= 4 is 6.29 Å². The SMILES string of the molecule is COc1cc(C=O)c(-c2cnccc2C)cc1OC. The lowest BCUT2D eigenvalue weighted by atomic mass is 9.97. The number of nitrogens with zero attached hydrogens (tertiary/aromatic N) is 1. The molecule has 0 aliphatic rings. The third kappa shape index (κ3) is 2.42. The first-order valence-corrected chi connectivity index (χ1v) is 5.83. The van der Waals surface area contributed by atoms with Crippen molar-refractivity contribution in [2.75, 3.05) is 14.2 Å². The van der Waals surface area contributed by atoms with Gasteiger partial charge in [-0.25, -0.2) is 0 Å². The number of pyridine rings is 1. The summed E-state index contributed by atoms with van der Waals surface area (Å²) in [6.45, 7) is 1.97. The fourth-order valence-corrected chi connectivity index (χ4v) is 1.97. The average Bonchev–Trinajstić information content (AvgIpc) is 2.46. The first-order valence-electron chi connectivity index (χ1n) is 5.83. The van der Waals surface area contributed by atoms with Crippen LogP contribution in [-0.2, 0) is 0 Å². The number of carbonyl (C=O) groups excluding carboxylic acids is 1. The van der Waals surface area contributed by atoms with Gasteiger partial charge in [0.15, 0.2) is 17.8 Å². The van der Waals surface area contributed by atoms with Gasteiger partial charge in [-0.1, -0.05) is 0 Å². The monoisotopic (exact) mass is 257 g/mol. The highest BCUT2D eigenvalue weighted by Crippen LogP contribution is 2.35. The first-order chi connectivity index (χ1) is 9.21. The predicted molar refractivity (Wildman–Crippen MR) is 72.9 cm³/mol. The van der Waals surface area contributed by atoms with Crippen molar-refractivity contribution in [2.24, 2.45) is 0 Å². The zero-order valence-electron chi connectivity index (χ0n) is 11.1. The summed E-state index contributed by atoms with van der Waals surface area (Å²) >= 11 is 0. The molecule has 0 aliphatic heterocycles. The van der Waals surface area contributed by atoms with Crippen LogP contribution in [0.4, 0.5) is 0 Å². The molecule has 1 heterocycles. The Morgan fingerprint density at radius 3 is 2.37 bits per heavy atom. The maximum absolute atomic E-state index is 11.3. The van der Waals surface area contributed by atoms with Crippen LogP contribution in [-0.4, -0.2) is 25.5 Å². The number of carbonyl (C=O) groups is 1. The van der Waals surface area contributed by atoms with Crippen LogP contribution in [0.1, 0.15) is 15.9 Å². The Bertz CT molecular complexity index is 608. The van der Waals surface area contributed by atoms with Crippen LogP contribution in [0.5, 0.6) is 11.5 Å². The molecule has 0 aliphatic carbocycles. The van der Waals surface area contributed by atoms with E-state index in [9.17, 15) is 4.79 Å². The standard InChI is InChI=1S/C15H15NO3/c1-10-4-5-16-8-13(10)12-7-15(19-3)14(18-2)6-11(12)9-17/h4-9H,1-3H3. The number of ether oxygens (including phenoxy) is 2. The third-order valence-corrected chi connectivity index (χ3v) is 3.01. The van der Waals surface area contributed by atoms with Crippen molar-refractivity contribution in [3.05, 3.63) is 41.7 Å². The van der Waals surface area contributed by atoms with Crippen molar-refractivity contribution in [1.82, 2.24) is 4.98 Å². The number of hydrogen-bond acceptors (Lipinski definition) is 4. The summed E-state index contributed by atoms with van der Waals surface area (Å²) in [5, 5.41) is 0. The van der Waals surface area contributed by atoms with Gasteiger partial charge >= 0.3 is 0 Å². The molecule has 0 N–H and O–H groups in total. The van der Waals surface area contributed by atoms with E-state index in [1.165, 1.54) is 0 Å². The number of aromatic nitrogens is 1. The largest absolute Gasteiger partial charge is 0.493 e. The van der Waals surface area contributed by atoms with E-state index >= 15 is 0 Å². The second-order valence-corrected chi connectivity index (χ2v) is 4.10. The van der Waals surface area contributed by atoms with Crippen molar-refractivity contribution in [1.29, 1.82) is 0 Å². The number of hydrogen-bond donors (Lipinski definition) is 0. The van der Waals surface area contributed by atoms with Crippen LogP contribution in [0, 0.1) is 6.92 Å². The van der Waals surface area contributed by atoms with Crippen LogP contribution >= 0.6 is 0 Å². The summed E-state index contributed by atoms with van der Waals surface area (Å²) in [5.41, 5.74) is 3.29. The Kier molecular flexibility index (Phi) is 3.80. The van der Waals surface area contributed by atoms with Crippen molar-refractivity contribution in [3.63, 3.8) is 0 Å².